The van der Waals surface area contributed by atoms with Gasteiger partial charge >= 0.3 is 0 Å². The standard InChI is InChI=1S/C20H24N2O3S/c1-16-8-10-17(11-9-16)14-20(23)21-18-6-5-7-19(15-18)26(24,25)22-12-3-2-4-13-22/h5-11,15H,2-4,12-14H2,1H3,(H,21,23). The molecule has 0 aliphatic carbocycles. The maximum atomic E-state index is 12.8. The van der Waals surface area contributed by atoms with Crippen molar-refractivity contribution in [1.29, 1.82) is 0 Å². The Bertz CT molecular complexity index is 870. The van der Waals surface area contributed by atoms with Crippen LogP contribution in [0.4, 0.5) is 5.69 Å². The number of carbonyl (C=O) groups excluding carboxylic acids is 1. The van der Waals surface area contributed by atoms with E-state index in [0.29, 0.717) is 18.8 Å². The summed E-state index contributed by atoms with van der Waals surface area (Å²) in [6.07, 6.45) is 3.11. The molecule has 0 saturated carbocycles. The smallest absolute Gasteiger partial charge is 0.243 e. The van der Waals surface area contributed by atoms with Gasteiger partial charge in [-0.05, 0) is 43.5 Å². The average molecular weight is 372 g/mol. The summed E-state index contributed by atoms with van der Waals surface area (Å²) in [6, 6.07) is 14.3. The van der Waals surface area contributed by atoms with Gasteiger partial charge in [0.05, 0.1) is 11.3 Å². The van der Waals surface area contributed by atoms with E-state index in [1.165, 1.54) is 10.4 Å². The fourth-order valence-corrected chi connectivity index (χ4v) is 4.65. The van der Waals surface area contributed by atoms with E-state index in [0.717, 1.165) is 30.4 Å². The lowest BCUT2D eigenvalue weighted by Crippen LogP contribution is -2.35. The Morgan fingerprint density at radius 3 is 2.42 bits per heavy atom. The molecule has 0 radical (unpaired) electrons. The molecule has 6 heteroatoms. The van der Waals surface area contributed by atoms with Crippen LogP contribution in [-0.4, -0.2) is 31.7 Å². The quantitative estimate of drug-likeness (QED) is 0.875. The van der Waals surface area contributed by atoms with Crippen molar-refractivity contribution in [2.75, 3.05) is 18.4 Å². The molecule has 1 aliphatic rings. The van der Waals surface area contributed by atoms with Crippen LogP contribution in [0.25, 0.3) is 0 Å². The molecule has 0 aromatic heterocycles. The lowest BCUT2D eigenvalue weighted by Gasteiger charge is -2.26. The number of aryl methyl sites for hydroxylation is 1. The second kappa shape index (κ2) is 8.01. The molecular weight excluding hydrogens is 348 g/mol. The molecule has 1 heterocycles. The molecule has 1 amide bonds. The number of benzene rings is 2. The minimum Gasteiger partial charge on any atom is -0.326 e. The molecule has 2 aromatic rings. The van der Waals surface area contributed by atoms with Gasteiger partial charge in [-0.25, -0.2) is 8.42 Å². The van der Waals surface area contributed by atoms with E-state index in [-0.39, 0.29) is 17.2 Å². The van der Waals surface area contributed by atoms with Crippen LogP contribution in [-0.2, 0) is 21.2 Å². The molecule has 0 spiro atoms. The maximum Gasteiger partial charge on any atom is 0.243 e. The average Bonchev–Trinajstić information content (AvgIpc) is 2.64. The summed E-state index contributed by atoms with van der Waals surface area (Å²) >= 11 is 0. The van der Waals surface area contributed by atoms with Crippen LogP contribution in [0.1, 0.15) is 30.4 Å². The van der Waals surface area contributed by atoms with Crippen LogP contribution in [0.2, 0.25) is 0 Å². The number of nitrogens with one attached hydrogen (secondary N) is 1. The number of nitrogens with zero attached hydrogens (tertiary/aromatic N) is 1. The Morgan fingerprint density at radius 1 is 1.04 bits per heavy atom. The van der Waals surface area contributed by atoms with Crippen molar-refractivity contribution in [1.82, 2.24) is 4.31 Å². The summed E-state index contributed by atoms with van der Waals surface area (Å²) in [5.41, 5.74) is 2.56. The molecule has 0 unspecified atom stereocenters. The van der Waals surface area contributed by atoms with Crippen molar-refractivity contribution in [2.45, 2.75) is 37.5 Å². The number of piperidine rings is 1. The molecule has 26 heavy (non-hydrogen) atoms. The van der Waals surface area contributed by atoms with Gasteiger partial charge in [0, 0.05) is 18.8 Å². The zero-order valence-corrected chi connectivity index (χ0v) is 15.8. The third-order valence-electron chi connectivity index (χ3n) is 4.56. The number of amides is 1. The van der Waals surface area contributed by atoms with Gasteiger partial charge in [0.25, 0.3) is 0 Å². The molecule has 138 valence electrons. The van der Waals surface area contributed by atoms with Gasteiger partial charge in [-0.1, -0.05) is 42.3 Å². The van der Waals surface area contributed by atoms with E-state index in [1.54, 1.807) is 18.2 Å². The van der Waals surface area contributed by atoms with Crippen molar-refractivity contribution >= 4 is 21.6 Å². The van der Waals surface area contributed by atoms with Gasteiger partial charge in [0.2, 0.25) is 15.9 Å². The highest BCUT2D eigenvalue weighted by atomic mass is 32.2. The maximum absolute atomic E-state index is 12.8. The number of carbonyl (C=O) groups is 1. The van der Waals surface area contributed by atoms with Gasteiger partial charge in [-0.2, -0.15) is 4.31 Å². The minimum absolute atomic E-state index is 0.165. The Balaban J connectivity index is 1.70. The van der Waals surface area contributed by atoms with E-state index < -0.39 is 10.0 Å². The van der Waals surface area contributed by atoms with E-state index >= 15 is 0 Å². The normalized spacial score (nSPS) is 15.6. The summed E-state index contributed by atoms with van der Waals surface area (Å²) in [5.74, 6) is -0.165. The fourth-order valence-electron chi connectivity index (χ4n) is 3.09. The number of rotatable bonds is 5. The molecule has 1 aliphatic heterocycles. The third kappa shape index (κ3) is 4.51. The Kier molecular flexibility index (Phi) is 5.74. The molecule has 1 fully saturated rings. The van der Waals surface area contributed by atoms with E-state index in [4.69, 9.17) is 0 Å². The third-order valence-corrected chi connectivity index (χ3v) is 6.45. The first kappa shape index (κ1) is 18.6. The first-order valence-electron chi connectivity index (χ1n) is 8.91. The topological polar surface area (TPSA) is 66.5 Å². The molecule has 0 bridgehead atoms. The lowest BCUT2D eigenvalue weighted by atomic mass is 10.1. The predicted octanol–water partition coefficient (Wildman–Crippen LogP) is 3.35. The molecular formula is C20H24N2O3S. The Hall–Kier alpha value is -2.18. The van der Waals surface area contributed by atoms with Crippen LogP contribution >= 0.6 is 0 Å². The second-order valence-electron chi connectivity index (χ2n) is 6.70. The minimum atomic E-state index is -3.50. The highest BCUT2D eigenvalue weighted by Crippen LogP contribution is 2.23. The number of anilines is 1. The molecule has 2 aromatic carbocycles. The van der Waals surface area contributed by atoms with Crippen molar-refractivity contribution < 1.29 is 13.2 Å². The predicted molar refractivity (Wildman–Crippen MR) is 103 cm³/mol. The summed E-state index contributed by atoms with van der Waals surface area (Å²) in [5, 5.41) is 2.80. The van der Waals surface area contributed by atoms with Gasteiger partial charge < -0.3 is 5.32 Å². The van der Waals surface area contributed by atoms with Crippen LogP contribution in [0.3, 0.4) is 0 Å². The van der Waals surface area contributed by atoms with E-state index in [2.05, 4.69) is 5.32 Å². The fraction of sp³-hybridized carbons (Fsp3) is 0.350. The Morgan fingerprint density at radius 2 is 1.73 bits per heavy atom. The highest BCUT2D eigenvalue weighted by molar-refractivity contribution is 7.89. The molecule has 5 nitrogen and oxygen atoms in total. The van der Waals surface area contributed by atoms with Crippen molar-refractivity contribution in [3.63, 3.8) is 0 Å². The van der Waals surface area contributed by atoms with Crippen molar-refractivity contribution in [3.8, 4) is 0 Å². The molecule has 1 N–H and O–H groups in total. The first-order chi connectivity index (χ1) is 12.4. The molecule has 1 saturated heterocycles. The van der Waals surface area contributed by atoms with E-state index in [1.807, 2.05) is 31.2 Å². The SMILES string of the molecule is Cc1ccc(CC(=O)Nc2cccc(S(=O)(=O)N3CCCCC3)c2)cc1. The zero-order chi connectivity index (χ0) is 18.6. The number of hydrogen-bond acceptors (Lipinski definition) is 3. The summed E-state index contributed by atoms with van der Waals surface area (Å²) in [4.78, 5) is 12.5. The van der Waals surface area contributed by atoms with Crippen LogP contribution < -0.4 is 5.32 Å². The summed E-state index contributed by atoms with van der Waals surface area (Å²) < 4.78 is 27.1. The van der Waals surface area contributed by atoms with E-state index in [9.17, 15) is 13.2 Å². The Labute approximate surface area is 155 Å². The monoisotopic (exact) mass is 372 g/mol. The lowest BCUT2D eigenvalue weighted by molar-refractivity contribution is -0.115. The highest BCUT2D eigenvalue weighted by Gasteiger charge is 2.26. The summed E-state index contributed by atoms with van der Waals surface area (Å²) in [7, 11) is -3.50. The summed E-state index contributed by atoms with van der Waals surface area (Å²) in [6.45, 7) is 3.12. The number of hydrogen-bond donors (Lipinski definition) is 1. The van der Waals surface area contributed by atoms with Crippen LogP contribution in [0.15, 0.2) is 53.4 Å². The van der Waals surface area contributed by atoms with Crippen molar-refractivity contribution in [3.05, 3.63) is 59.7 Å². The van der Waals surface area contributed by atoms with Gasteiger partial charge in [0.15, 0.2) is 0 Å². The zero-order valence-electron chi connectivity index (χ0n) is 14.9. The van der Waals surface area contributed by atoms with Crippen molar-refractivity contribution in [2.24, 2.45) is 0 Å². The molecule has 3 rings (SSSR count). The van der Waals surface area contributed by atoms with Gasteiger partial charge in [-0.15, -0.1) is 0 Å². The molecule has 0 atom stereocenters. The van der Waals surface area contributed by atoms with Gasteiger partial charge in [-0.3, -0.25) is 4.79 Å². The second-order valence-corrected chi connectivity index (χ2v) is 8.64. The van der Waals surface area contributed by atoms with Crippen LogP contribution in [0, 0.1) is 6.92 Å². The van der Waals surface area contributed by atoms with Gasteiger partial charge in [0.1, 0.15) is 0 Å². The first-order valence-corrected chi connectivity index (χ1v) is 10.3. The van der Waals surface area contributed by atoms with Crippen LogP contribution in [0.5, 0.6) is 0 Å². The number of sulfonamides is 1. The largest absolute Gasteiger partial charge is 0.326 e.